The van der Waals surface area contributed by atoms with Crippen LogP contribution in [0, 0.1) is 6.92 Å². The molecule has 3 heteroatoms. The SMILES string of the molecule is CC[C@](C)([B]O)c1cc(C)cs1. The molecule has 1 N–H and O–H groups in total. The predicted molar refractivity (Wildman–Crippen MR) is 54.7 cm³/mol. The van der Waals surface area contributed by atoms with Crippen LogP contribution in [-0.4, -0.2) is 12.5 Å². The van der Waals surface area contributed by atoms with E-state index in [9.17, 15) is 0 Å². The zero-order valence-electron chi connectivity index (χ0n) is 7.79. The summed E-state index contributed by atoms with van der Waals surface area (Å²) in [5, 5.41) is 11.1. The van der Waals surface area contributed by atoms with E-state index in [0.717, 1.165) is 6.42 Å². The molecule has 65 valence electrons. The minimum absolute atomic E-state index is 0.154. The highest BCUT2D eigenvalue weighted by molar-refractivity contribution is 7.10. The van der Waals surface area contributed by atoms with Crippen LogP contribution in [0.15, 0.2) is 11.4 Å². The van der Waals surface area contributed by atoms with E-state index in [1.165, 1.54) is 17.9 Å². The van der Waals surface area contributed by atoms with Crippen LogP contribution in [0.4, 0.5) is 0 Å². The van der Waals surface area contributed by atoms with Crippen LogP contribution in [0.2, 0.25) is 0 Å². The van der Waals surface area contributed by atoms with Gasteiger partial charge in [0, 0.05) is 10.2 Å². The Morgan fingerprint density at radius 3 is 2.67 bits per heavy atom. The van der Waals surface area contributed by atoms with Crippen molar-refractivity contribution in [2.75, 3.05) is 0 Å². The van der Waals surface area contributed by atoms with Crippen molar-refractivity contribution < 1.29 is 5.02 Å². The quantitative estimate of drug-likeness (QED) is 0.709. The van der Waals surface area contributed by atoms with Gasteiger partial charge in [0.15, 0.2) is 0 Å². The third kappa shape index (κ3) is 1.72. The first-order valence-electron chi connectivity index (χ1n) is 4.16. The third-order valence-electron chi connectivity index (χ3n) is 2.31. The topological polar surface area (TPSA) is 20.2 Å². The Balaban J connectivity index is 2.94. The second-order valence-corrected chi connectivity index (χ2v) is 4.30. The number of rotatable bonds is 3. The minimum Gasteiger partial charge on any atom is -0.453 e. The number of hydrogen-bond acceptors (Lipinski definition) is 2. The average molecular weight is 181 g/mol. The van der Waals surface area contributed by atoms with E-state index in [1.807, 2.05) is 0 Å². The summed E-state index contributed by atoms with van der Waals surface area (Å²) >= 11 is 1.71. The Labute approximate surface area is 78.7 Å². The van der Waals surface area contributed by atoms with E-state index in [1.54, 1.807) is 11.3 Å². The molecular weight excluding hydrogens is 167 g/mol. The molecule has 1 radical (unpaired) electrons. The Morgan fingerprint density at radius 2 is 2.33 bits per heavy atom. The highest BCUT2D eigenvalue weighted by Crippen LogP contribution is 2.30. The van der Waals surface area contributed by atoms with Gasteiger partial charge in [-0.2, -0.15) is 0 Å². The smallest absolute Gasteiger partial charge is 0.299 e. The molecule has 0 bridgehead atoms. The molecule has 1 rings (SSSR count). The Morgan fingerprint density at radius 1 is 1.67 bits per heavy atom. The van der Waals surface area contributed by atoms with Crippen molar-refractivity contribution in [2.45, 2.75) is 32.5 Å². The molecule has 1 atom stereocenters. The lowest BCUT2D eigenvalue weighted by Crippen LogP contribution is -2.27. The fourth-order valence-electron chi connectivity index (χ4n) is 1.06. The third-order valence-corrected chi connectivity index (χ3v) is 3.64. The van der Waals surface area contributed by atoms with Gasteiger partial charge in [-0.1, -0.05) is 20.3 Å². The number of aryl methyl sites for hydroxylation is 1. The van der Waals surface area contributed by atoms with Crippen LogP contribution in [0.1, 0.15) is 30.7 Å². The normalized spacial score (nSPS) is 15.7. The summed E-state index contributed by atoms with van der Waals surface area (Å²) in [6.45, 7) is 6.22. The van der Waals surface area contributed by atoms with Gasteiger partial charge < -0.3 is 5.02 Å². The Bertz CT molecular complexity index is 253. The summed E-state index contributed by atoms with van der Waals surface area (Å²) in [5.74, 6) is 0. The lowest BCUT2D eigenvalue weighted by atomic mass is 9.62. The van der Waals surface area contributed by atoms with Gasteiger partial charge >= 0.3 is 0 Å². The van der Waals surface area contributed by atoms with Crippen molar-refractivity contribution in [3.05, 3.63) is 21.9 Å². The molecule has 0 spiro atoms. The van der Waals surface area contributed by atoms with Gasteiger partial charge in [0.25, 0.3) is 7.48 Å². The Hall–Kier alpha value is -0.275. The fourth-order valence-corrected chi connectivity index (χ4v) is 2.16. The summed E-state index contributed by atoms with van der Waals surface area (Å²) in [4.78, 5) is 1.24. The van der Waals surface area contributed by atoms with Gasteiger partial charge in [0.2, 0.25) is 0 Å². The molecule has 0 aliphatic rings. The van der Waals surface area contributed by atoms with Gasteiger partial charge in [-0.15, -0.1) is 11.3 Å². The maximum atomic E-state index is 9.13. The summed E-state index contributed by atoms with van der Waals surface area (Å²) in [6, 6.07) is 2.14. The predicted octanol–water partition coefficient (Wildman–Crippen LogP) is 2.29. The second-order valence-electron chi connectivity index (χ2n) is 3.39. The second kappa shape index (κ2) is 3.63. The summed E-state index contributed by atoms with van der Waals surface area (Å²) < 4.78 is 0. The van der Waals surface area contributed by atoms with Crippen molar-refractivity contribution in [3.8, 4) is 0 Å². The lowest BCUT2D eigenvalue weighted by Gasteiger charge is -2.22. The molecule has 1 nitrogen and oxygen atoms in total. The van der Waals surface area contributed by atoms with Crippen LogP contribution in [0.3, 0.4) is 0 Å². The van der Waals surface area contributed by atoms with Gasteiger partial charge in [-0.3, -0.25) is 0 Å². The first-order valence-corrected chi connectivity index (χ1v) is 5.04. The van der Waals surface area contributed by atoms with Gasteiger partial charge in [0.1, 0.15) is 0 Å². The fraction of sp³-hybridized carbons (Fsp3) is 0.556. The van der Waals surface area contributed by atoms with E-state index in [4.69, 9.17) is 5.02 Å². The van der Waals surface area contributed by atoms with Crippen molar-refractivity contribution in [1.82, 2.24) is 0 Å². The van der Waals surface area contributed by atoms with Gasteiger partial charge in [-0.05, 0) is 23.9 Å². The van der Waals surface area contributed by atoms with Crippen molar-refractivity contribution in [2.24, 2.45) is 0 Å². The Kier molecular flexibility index (Phi) is 2.96. The first kappa shape index (κ1) is 9.81. The maximum absolute atomic E-state index is 9.13. The first-order chi connectivity index (χ1) is 5.62. The van der Waals surface area contributed by atoms with Crippen LogP contribution in [-0.2, 0) is 5.31 Å². The molecule has 0 saturated heterocycles. The molecule has 1 aromatic heterocycles. The van der Waals surface area contributed by atoms with E-state index >= 15 is 0 Å². The molecule has 1 heterocycles. The molecule has 1 aromatic rings. The van der Waals surface area contributed by atoms with Crippen LogP contribution in [0.5, 0.6) is 0 Å². The molecule has 0 aromatic carbocycles. The van der Waals surface area contributed by atoms with Crippen LogP contribution < -0.4 is 0 Å². The summed E-state index contributed by atoms with van der Waals surface area (Å²) in [6.07, 6.45) is 0.934. The molecule has 0 amide bonds. The molecule has 12 heavy (non-hydrogen) atoms. The molecule has 0 unspecified atom stereocenters. The van der Waals surface area contributed by atoms with Crippen LogP contribution >= 0.6 is 11.3 Å². The molecular formula is C9H14BOS. The standard InChI is InChI=1S/C9H14BOS/c1-4-9(3,10-11)8-5-7(2)6-12-8/h5-6,11H,4H2,1-3H3/t9-/m0/s1. The van der Waals surface area contributed by atoms with Crippen molar-refractivity contribution in [1.29, 1.82) is 0 Å². The van der Waals surface area contributed by atoms with Crippen LogP contribution in [0.25, 0.3) is 0 Å². The van der Waals surface area contributed by atoms with E-state index in [0.29, 0.717) is 0 Å². The summed E-state index contributed by atoms with van der Waals surface area (Å²) in [7, 11) is 1.30. The number of thiophene rings is 1. The number of hydrogen-bond donors (Lipinski definition) is 1. The zero-order chi connectivity index (χ0) is 9.19. The maximum Gasteiger partial charge on any atom is 0.299 e. The van der Waals surface area contributed by atoms with Gasteiger partial charge in [0.05, 0.1) is 0 Å². The zero-order valence-corrected chi connectivity index (χ0v) is 8.61. The van der Waals surface area contributed by atoms with Crippen molar-refractivity contribution in [3.63, 3.8) is 0 Å². The highest BCUT2D eigenvalue weighted by atomic mass is 32.1. The van der Waals surface area contributed by atoms with E-state index in [2.05, 4.69) is 32.2 Å². The minimum atomic E-state index is -0.154. The highest BCUT2D eigenvalue weighted by Gasteiger charge is 2.26. The molecule has 0 aliphatic heterocycles. The largest absolute Gasteiger partial charge is 0.453 e. The molecule has 0 saturated carbocycles. The lowest BCUT2D eigenvalue weighted by molar-refractivity contribution is 0.516. The average Bonchev–Trinajstić information content (AvgIpc) is 2.51. The molecule has 0 aliphatic carbocycles. The van der Waals surface area contributed by atoms with E-state index < -0.39 is 0 Å². The van der Waals surface area contributed by atoms with Gasteiger partial charge in [-0.25, -0.2) is 0 Å². The monoisotopic (exact) mass is 181 g/mol. The summed E-state index contributed by atoms with van der Waals surface area (Å²) in [5.41, 5.74) is 1.27. The van der Waals surface area contributed by atoms with Crippen molar-refractivity contribution >= 4 is 18.8 Å². The van der Waals surface area contributed by atoms with E-state index in [-0.39, 0.29) is 5.31 Å². The molecule has 0 fully saturated rings.